The van der Waals surface area contributed by atoms with E-state index in [0.717, 1.165) is 34.2 Å². The number of pyridine rings is 2. The Hall–Kier alpha value is -3.15. The van der Waals surface area contributed by atoms with Gasteiger partial charge in [-0.15, -0.1) is 0 Å². The number of benzene rings is 1. The van der Waals surface area contributed by atoms with Gasteiger partial charge in [-0.05, 0) is 61.9 Å². The van der Waals surface area contributed by atoms with Crippen LogP contribution in [0.3, 0.4) is 0 Å². The van der Waals surface area contributed by atoms with Crippen LogP contribution in [0, 0.1) is 0 Å². The van der Waals surface area contributed by atoms with Gasteiger partial charge in [0.05, 0.1) is 11.1 Å². The minimum Gasteiger partial charge on any atom is -0.443 e. The molecule has 0 bridgehead atoms. The quantitative estimate of drug-likeness (QED) is 0.712. The lowest BCUT2D eigenvalue weighted by Gasteiger charge is -2.24. The van der Waals surface area contributed by atoms with E-state index in [1.165, 1.54) is 0 Å². The Morgan fingerprint density at radius 3 is 2.81 bits per heavy atom. The van der Waals surface area contributed by atoms with Crippen molar-refractivity contribution >= 4 is 22.6 Å². The van der Waals surface area contributed by atoms with E-state index in [1.807, 2.05) is 39.0 Å². The molecule has 138 valence electrons. The van der Waals surface area contributed by atoms with Crippen molar-refractivity contribution in [1.82, 2.24) is 9.97 Å². The summed E-state index contributed by atoms with van der Waals surface area (Å²) in [4.78, 5) is 33.0. The highest BCUT2D eigenvalue weighted by Crippen LogP contribution is 2.34. The molecule has 6 heteroatoms. The Morgan fingerprint density at radius 1 is 1.22 bits per heavy atom. The van der Waals surface area contributed by atoms with E-state index in [2.05, 4.69) is 16.0 Å². The van der Waals surface area contributed by atoms with Gasteiger partial charge in [0, 0.05) is 30.7 Å². The molecule has 0 unspecified atom stereocenters. The Labute approximate surface area is 156 Å². The number of H-pyrrole nitrogens is 1. The third kappa shape index (κ3) is 3.18. The second-order valence-corrected chi connectivity index (χ2v) is 7.68. The summed E-state index contributed by atoms with van der Waals surface area (Å²) in [7, 11) is 0. The molecule has 0 radical (unpaired) electrons. The summed E-state index contributed by atoms with van der Waals surface area (Å²) < 4.78 is 5.50. The minimum absolute atomic E-state index is 0.154. The molecule has 0 spiro atoms. The summed E-state index contributed by atoms with van der Waals surface area (Å²) in [5.74, 6) is 0. The first kappa shape index (κ1) is 17.3. The Bertz CT molecular complexity index is 1100. The summed E-state index contributed by atoms with van der Waals surface area (Å²) in [6, 6.07) is 7.84. The molecule has 1 N–H and O–H groups in total. The van der Waals surface area contributed by atoms with Crippen LogP contribution >= 0.6 is 0 Å². The first-order chi connectivity index (χ1) is 12.8. The van der Waals surface area contributed by atoms with Crippen molar-refractivity contribution in [3.63, 3.8) is 0 Å². The van der Waals surface area contributed by atoms with Gasteiger partial charge in [0.1, 0.15) is 5.60 Å². The van der Waals surface area contributed by atoms with Crippen LogP contribution in [0.5, 0.6) is 0 Å². The molecular weight excluding hydrogens is 342 g/mol. The number of rotatable bonds is 1. The highest BCUT2D eigenvalue weighted by atomic mass is 16.6. The van der Waals surface area contributed by atoms with Crippen LogP contribution in [0.2, 0.25) is 0 Å². The van der Waals surface area contributed by atoms with E-state index in [1.54, 1.807) is 23.5 Å². The van der Waals surface area contributed by atoms with E-state index in [0.29, 0.717) is 11.9 Å². The maximum absolute atomic E-state index is 12.4. The molecule has 1 aliphatic heterocycles. The zero-order valence-electron chi connectivity index (χ0n) is 15.6. The van der Waals surface area contributed by atoms with Crippen molar-refractivity contribution in [3.8, 4) is 11.1 Å². The van der Waals surface area contributed by atoms with Gasteiger partial charge >= 0.3 is 6.09 Å². The molecule has 3 heterocycles. The number of ether oxygens (including phenoxy) is 1. The molecule has 0 aliphatic carbocycles. The number of anilines is 1. The van der Waals surface area contributed by atoms with E-state index in [9.17, 15) is 9.59 Å². The van der Waals surface area contributed by atoms with Crippen molar-refractivity contribution in [2.24, 2.45) is 0 Å². The van der Waals surface area contributed by atoms with Gasteiger partial charge < -0.3 is 9.72 Å². The summed E-state index contributed by atoms with van der Waals surface area (Å²) >= 11 is 0. The molecule has 0 fully saturated rings. The van der Waals surface area contributed by atoms with Crippen molar-refractivity contribution < 1.29 is 9.53 Å². The van der Waals surface area contributed by atoms with Crippen LogP contribution in [0.15, 0.2) is 47.7 Å². The van der Waals surface area contributed by atoms with E-state index in [-0.39, 0.29) is 11.7 Å². The Morgan fingerprint density at radius 2 is 2.04 bits per heavy atom. The number of hydrogen-bond donors (Lipinski definition) is 1. The summed E-state index contributed by atoms with van der Waals surface area (Å²) in [6.45, 7) is 6.19. The van der Waals surface area contributed by atoms with Gasteiger partial charge in [-0.3, -0.25) is 14.7 Å². The van der Waals surface area contributed by atoms with Crippen LogP contribution in [0.25, 0.3) is 21.9 Å². The van der Waals surface area contributed by atoms with Crippen LogP contribution < -0.4 is 10.5 Å². The number of fused-ring (bicyclic) bond motifs is 2. The Balaban J connectivity index is 1.73. The van der Waals surface area contributed by atoms with Crippen molar-refractivity contribution in [3.05, 3.63) is 58.8 Å². The predicted octanol–water partition coefficient (Wildman–Crippen LogP) is 3.89. The van der Waals surface area contributed by atoms with Gasteiger partial charge in [-0.2, -0.15) is 0 Å². The molecule has 1 amide bonds. The van der Waals surface area contributed by atoms with Crippen LogP contribution in [-0.4, -0.2) is 28.2 Å². The fraction of sp³-hybridized carbons (Fsp3) is 0.286. The predicted molar refractivity (Wildman–Crippen MR) is 105 cm³/mol. The van der Waals surface area contributed by atoms with Gasteiger partial charge in [0.25, 0.3) is 5.56 Å². The number of aromatic amines is 1. The standard InChI is InChI=1S/C21H21N3O3/c1-21(2,3)27-20(26)24-9-7-14-10-13(4-5-18(14)24)16-12-23-19(25)17-11-22-8-6-15(16)17/h4-6,8,10-12H,7,9H2,1-3H3,(H,23,25). The summed E-state index contributed by atoms with van der Waals surface area (Å²) in [5.41, 5.74) is 3.22. The van der Waals surface area contributed by atoms with Gasteiger partial charge in [-0.1, -0.05) is 6.07 Å². The van der Waals surface area contributed by atoms with E-state index >= 15 is 0 Å². The van der Waals surface area contributed by atoms with Crippen molar-refractivity contribution in [1.29, 1.82) is 0 Å². The molecule has 4 rings (SSSR count). The van der Waals surface area contributed by atoms with Gasteiger partial charge in [0.2, 0.25) is 0 Å². The van der Waals surface area contributed by atoms with Gasteiger partial charge in [0.15, 0.2) is 0 Å². The molecule has 1 aromatic carbocycles. The number of amides is 1. The molecular formula is C21H21N3O3. The number of nitrogens with zero attached hydrogens (tertiary/aromatic N) is 2. The van der Waals surface area contributed by atoms with E-state index < -0.39 is 5.60 Å². The third-order valence-corrected chi connectivity index (χ3v) is 4.60. The minimum atomic E-state index is -0.525. The number of carbonyl (C=O) groups excluding carboxylic acids is 1. The topological polar surface area (TPSA) is 75.3 Å². The lowest BCUT2D eigenvalue weighted by atomic mass is 9.99. The maximum Gasteiger partial charge on any atom is 0.414 e. The number of nitrogens with one attached hydrogen (secondary N) is 1. The molecule has 3 aromatic rings. The SMILES string of the molecule is CC(C)(C)OC(=O)N1CCc2cc(-c3c[nH]c(=O)c4cnccc34)ccc21. The zero-order chi connectivity index (χ0) is 19.2. The van der Waals surface area contributed by atoms with Gasteiger partial charge in [-0.25, -0.2) is 4.79 Å². The highest BCUT2D eigenvalue weighted by molar-refractivity contribution is 5.96. The molecule has 0 saturated heterocycles. The summed E-state index contributed by atoms with van der Waals surface area (Å²) in [6.07, 6.45) is 5.44. The lowest BCUT2D eigenvalue weighted by molar-refractivity contribution is 0.0584. The van der Waals surface area contributed by atoms with Crippen molar-refractivity contribution in [2.75, 3.05) is 11.4 Å². The molecule has 1 aliphatic rings. The number of carbonyl (C=O) groups is 1. The first-order valence-corrected chi connectivity index (χ1v) is 8.93. The molecule has 0 atom stereocenters. The highest BCUT2D eigenvalue weighted by Gasteiger charge is 2.29. The molecule has 6 nitrogen and oxygen atoms in total. The first-order valence-electron chi connectivity index (χ1n) is 8.93. The second kappa shape index (κ2) is 6.23. The second-order valence-electron chi connectivity index (χ2n) is 7.68. The number of aromatic nitrogens is 2. The maximum atomic E-state index is 12.4. The zero-order valence-corrected chi connectivity index (χ0v) is 15.6. The van der Waals surface area contributed by atoms with Crippen LogP contribution in [-0.2, 0) is 11.2 Å². The Kier molecular flexibility index (Phi) is 3.98. The van der Waals surface area contributed by atoms with Crippen LogP contribution in [0.4, 0.5) is 10.5 Å². The fourth-order valence-electron chi connectivity index (χ4n) is 3.42. The van der Waals surface area contributed by atoms with E-state index in [4.69, 9.17) is 4.74 Å². The average molecular weight is 363 g/mol. The smallest absolute Gasteiger partial charge is 0.414 e. The molecule has 2 aromatic heterocycles. The summed E-state index contributed by atoms with van der Waals surface area (Å²) in [5, 5.41) is 1.42. The molecule has 27 heavy (non-hydrogen) atoms. The monoisotopic (exact) mass is 363 g/mol. The average Bonchev–Trinajstić information content (AvgIpc) is 3.04. The lowest BCUT2D eigenvalue weighted by Crippen LogP contribution is -2.35. The molecule has 0 saturated carbocycles. The fourth-order valence-corrected chi connectivity index (χ4v) is 3.42. The normalized spacial score (nSPS) is 13.7. The van der Waals surface area contributed by atoms with Crippen molar-refractivity contribution in [2.45, 2.75) is 32.8 Å². The largest absolute Gasteiger partial charge is 0.443 e. The third-order valence-electron chi connectivity index (χ3n) is 4.60. The number of hydrogen-bond acceptors (Lipinski definition) is 4. The van der Waals surface area contributed by atoms with Crippen LogP contribution in [0.1, 0.15) is 26.3 Å².